The third-order valence-electron chi connectivity index (χ3n) is 8.18. The van der Waals surface area contributed by atoms with Crippen molar-refractivity contribution in [2.75, 3.05) is 4.90 Å². The van der Waals surface area contributed by atoms with Crippen LogP contribution in [0.4, 0.5) is 18.3 Å². The number of ether oxygens (including phenoxy) is 2. The molecule has 2 aromatic carbocycles. The first-order valence-electron chi connectivity index (χ1n) is 13.8. The second-order valence-electron chi connectivity index (χ2n) is 11.1. The van der Waals surface area contributed by atoms with Crippen LogP contribution in [0.1, 0.15) is 70.9 Å². The van der Waals surface area contributed by atoms with Crippen LogP contribution in [0.5, 0.6) is 5.75 Å². The van der Waals surface area contributed by atoms with E-state index in [1.54, 1.807) is 18.2 Å². The van der Waals surface area contributed by atoms with Gasteiger partial charge in [0.15, 0.2) is 16.6 Å². The van der Waals surface area contributed by atoms with Gasteiger partial charge in [-0.15, -0.1) is 13.2 Å². The lowest BCUT2D eigenvalue weighted by Crippen LogP contribution is -2.46. The van der Waals surface area contributed by atoms with Crippen molar-refractivity contribution in [3.63, 3.8) is 0 Å². The molecule has 1 N–H and O–H groups in total. The summed E-state index contributed by atoms with van der Waals surface area (Å²) in [5, 5.41) is 14.7. The number of thiazole rings is 1. The average molecular weight is 668 g/mol. The molecule has 0 amide bonds. The summed E-state index contributed by atoms with van der Waals surface area (Å²) in [7, 11) is 0. The van der Waals surface area contributed by atoms with Gasteiger partial charge in [0.1, 0.15) is 22.9 Å². The molecule has 1 aliphatic carbocycles. The van der Waals surface area contributed by atoms with Gasteiger partial charge >= 0.3 is 18.3 Å². The highest BCUT2D eigenvalue weighted by Gasteiger charge is 2.45. The minimum absolute atomic E-state index is 0.0602. The van der Waals surface area contributed by atoms with Crippen molar-refractivity contribution >= 4 is 61.8 Å². The van der Waals surface area contributed by atoms with Crippen LogP contribution in [0.15, 0.2) is 34.9 Å². The highest BCUT2D eigenvalue weighted by molar-refractivity contribution is 7.22. The molecule has 9 nitrogen and oxygen atoms in total. The number of fused-ring (bicyclic) bond motifs is 3. The Kier molecular flexibility index (Phi) is 7.17. The molecule has 2 aromatic heterocycles. The maximum atomic E-state index is 13.7. The average Bonchev–Trinajstić information content (AvgIpc) is 3.44. The van der Waals surface area contributed by atoms with Gasteiger partial charge < -0.3 is 24.0 Å². The van der Waals surface area contributed by atoms with Crippen LogP contribution >= 0.6 is 34.5 Å². The van der Waals surface area contributed by atoms with Gasteiger partial charge in [-0.05, 0) is 49.9 Å². The molecule has 4 heterocycles. The molecular formula is C29H22Cl2F3N3O6S. The van der Waals surface area contributed by atoms with Crippen LogP contribution in [0.3, 0.4) is 0 Å². The fourth-order valence-corrected chi connectivity index (χ4v) is 7.93. The Labute approximate surface area is 261 Å². The zero-order valence-corrected chi connectivity index (χ0v) is 24.9. The van der Waals surface area contributed by atoms with Gasteiger partial charge in [0, 0.05) is 36.4 Å². The van der Waals surface area contributed by atoms with Crippen LogP contribution < -0.4 is 9.64 Å². The Morgan fingerprint density at radius 3 is 2.36 bits per heavy atom. The second-order valence-corrected chi connectivity index (χ2v) is 12.9. The number of benzene rings is 2. The number of aromatic nitrogens is 2. The molecule has 0 spiro atoms. The van der Waals surface area contributed by atoms with E-state index in [-0.39, 0.29) is 45.0 Å². The summed E-state index contributed by atoms with van der Waals surface area (Å²) in [6, 6.07) is 6.92. The van der Waals surface area contributed by atoms with Gasteiger partial charge in [0.25, 0.3) is 0 Å². The number of nitrogens with zero attached hydrogens (tertiary/aromatic N) is 3. The third-order valence-corrected chi connectivity index (χ3v) is 9.82. The molecule has 3 fully saturated rings. The first-order chi connectivity index (χ1) is 21.0. The Hall–Kier alpha value is -3.55. The fourth-order valence-electron chi connectivity index (χ4n) is 6.19. The zero-order chi connectivity index (χ0) is 30.9. The summed E-state index contributed by atoms with van der Waals surface area (Å²) in [4.78, 5) is 31.8. The summed E-state index contributed by atoms with van der Waals surface area (Å²) >= 11 is 14.0. The maximum absolute atomic E-state index is 13.7. The third kappa shape index (κ3) is 5.34. The molecule has 3 aliphatic rings. The number of carbonyl (C=O) groups excluding carboxylic acids is 1. The van der Waals surface area contributed by atoms with Gasteiger partial charge in [-0.1, -0.05) is 45.8 Å². The molecule has 0 unspecified atom stereocenters. The SMILES string of the molecule is O=C(O)c1cc(OC(F)(F)F)c2nc(N3[C@@H]4CC[C@H]3C[C@@H](OC(=O)c3c(-c5c(Cl)cccc5Cl)noc3C3CC3)C4)sc2c1. The summed E-state index contributed by atoms with van der Waals surface area (Å²) in [6.07, 6.45) is -1.27. The van der Waals surface area contributed by atoms with Crippen molar-refractivity contribution in [2.45, 2.75) is 69.0 Å². The number of carbonyl (C=O) groups is 2. The van der Waals surface area contributed by atoms with Crippen molar-refractivity contribution in [1.82, 2.24) is 10.1 Å². The number of hydrogen-bond acceptors (Lipinski definition) is 9. The minimum atomic E-state index is -5.02. The van der Waals surface area contributed by atoms with Gasteiger partial charge in [-0.3, -0.25) is 0 Å². The largest absolute Gasteiger partial charge is 0.573 e. The summed E-state index contributed by atoms with van der Waals surface area (Å²) in [5.74, 6) is -2.11. The lowest BCUT2D eigenvalue weighted by molar-refractivity contribution is -0.274. The molecule has 230 valence electrons. The summed E-state index contributed by atoms with van der Waals surface area (Å²) in [6.45, 7) is 0. The van der Waals surface area contributed by atoms with E-state index in [4.69, 9.17) is 32.5 Å². The molecule has 2 bridgehead atoms. The van der Waals surface area contributed by atoms with Crippen molar-refractivity contribution in [2.24, 2.45) is 0 Å². The molecule has 4 aromatic rings. The number of carboxylic acid groups (broad SMARTS) is 1. The molecule has 3 atom stereocenters. The van der Waals surface area contributed by atoms with Gasteiger partial charge in [0.2, 0.25) is 0 Å². The smallest absolute Gasteiger partial charge is 0.478 e. The van der Waals surface area contributed by atoms with Crippen LogP contribution in [0.25, 0.3) is 21.5 Å². The predicted molar refractivity (Wildman–Crippen MR) is 155 cm³/mol. The number of piperidine rings is 1. The predicted octanol–water partition coefficient (Wildman–Crippen LogP) is 8.09. The normalized spacial score (nSPS) is 21.6. The number of hydrogen-bond donors (Lipinski definition) is 1. The van der Waals surface area contributed by atoms with E-state index in [2.05, 4.69) is 14.9 Å². The molecule has 15 heteroatoms. The zero-order valence-electron chi connectivity index (χ0n) is 22.6. The van der Waals surface area contributed by atoms with E-state index in [0.717, 1.165) is 43.1 Å². The van der Waals surface area contributed by atoms with Crippen molar-refractivity contribution in [3.05, 3.63) is 57.3 Å². The van der Waals surface area contributed by atoms with Crippen molar-refractivity contribution < 1.29 is 41.9 Å². The molecule has 44 heavy (non-hydrogen) atoms. The van der Waals surface area contributed by atoms with Gasteiger partial charge in [-0.2, -0.15) is 0 Å². The topological polar surface area (TPSA) is 115 Å². The van der Waals surface area contributed by atoms with E-state index in [1.807, 2.05) is 4.90 Å². The number of rotatable bonds is 7. The first-order valence-corrected chi connectivity index (χ1v) is 15.4. The fraction of sp³-hybridized carbons (Fsp3) is 0.379. The molecule has 2 aliphatic heterocycles. The Balaban J connectivity index is 1.14. The molecule has 0 radical (unpaired) electrons. The Bertz CT molecular complexity index is 1770. The van der Waals surface area contributed by atoms with E-state index in [9.17, 15) is 27.9 Å². The van der Waals surface area contributed by atoms with Crippen LogP contribution in [0.2, 0.25) is 10.0 Å². The second kappa shape index (κ2) is 10.8. The van der Waals surface area contributed by atoms with E-state index in [0.29, 0.717) is 39.3 Å². The lowest BCUT2D eigenvalue weighted by Gasteiger charge is -2.38. The van der Waals surface area contributed by atoms with E-state index in [1.165, 1.54) is 6.07 Å². The first kappa shape index (κ1) is 29.2. The minimum Gasteiger partial charge on any atom is -0.478 e. The highest BCUT2D eigenvalue weighted by Crippen LogP contribution is 2.48. The molecular weight excluding hydrogens is 646 g/mol. The van der Waals surface area contributed by atoms with Crippen LogP contribution in [-0.2, 0) is 4.74 Å². The summed E-state index contributed by atoms with van der Waals surface area (Å²) < 4.78 is 55.4. The monoisotopic (exact) mass is 667 g/mol. The number of esters is 1. The number of anilines is 1. The van der Waals surface area contributed by atoms with Gasteiger partial charge in [0.05, 0.1) is 20.3 Å². The quantitative estimate of drug-likeness (QED) is 0.195. The standard InChI is InChI=1S/C29H22Cl2F3N3O6S/c30-17-2-1-3-18(31)21(17)24-22(25(43-36-24)12-4-5-12)27(40)41-16-10-14-6-7-15(11-16)37(14)28-35-23-19(42-29(32,33)34)8-13(26(38)39)9-20(23)44-28/h1-3,8-9,12,14-16H,4-7,10-11H2,(H,38,39)/t14-,15+,16+. The van der Waals surface area contributed by atoms with E-state index < -0.39 is 30.2 Å². The highest BCUT2D eigenvalue weighted by atomic mass is 35.5. The van der Waals surface area contributed by atoms with Crippen LogP contribution in [-0.4, -0.2) is 51.7 Å². The number of aromatic carboxylic acids is 1. The number of carboxylic acids is 1. The summed E-state index contributed by atoms with van der Waals surface area (Å²) in [5.41, 5.74) is 0.447. The molecule has 7 rings (SSSR count). The number of halogens is 5. The van der Waals surface area contributed by atoms with E-state index >= 15 is 0 Å². The maximum Gasteiger partial charge on any atom is 0.573 e. The number of alkyl halides is 3. The lowest BCUT2D eigenvalue weighted by atomic mass is 9.99. The Morgan fingerprint density at radius 1 is 1.07 bits per heavy atom. The van der Waals surface area contributed by atoms with Crippen molar-refractivity contribution in [3.8, 4) is 17.0 Å². The van der Waals surface area contributed by atoms with Crippen LogP contribution in [0, 0.1) is 0 Å². The van der Waals surface area contributed by atoms with Crippen molar-refractivity contribution in [1.29, 1.82) is 0 Å². The molecule has 1 saturated carbocycles. The Morgan fingerprint density at radius 2 is 1.75 bits per heavy atom. The molecule has 2 saturated heterocycles. The van der Waals surface area contributed by atoms with Gasteiger partial charge in [-0.25, -0.2) is 14.6 Å².